The molecule has 0 atom stereocenters. The Morgan fingerprint density at radius 1 is 1.03 bits per heavy atom. The van der Waals surface area contributed by atoms with Crippen LogP contribution in [-0.2, 0) is 5.75 Å². The molecule has 150 valence electrons. The molecule has 0 aliphatic heterocycles. The first-order valence-corrected chi connectivity index (χ1v) is 9.92. The molecule has 0 unspecified atom stereocenters. The molecular formula is C21H16FN5O2S. The van der Waals surface area contributed by atoms with E-state index in [-0.39, 0.29) is 11.7 Å². The third-order valence-corrected chi connectivity index (χ3v) is 4.96. The molecule has 4 aromatic rings. The Kier molecular flexibility index (Phi) is 6.00. The van der Waals surface area contributed by atoms with Gasteiger partial charge in [0.25, 0.3) is 5.91 Å². The van der Waals surface area contributed by atoms with Gasteiger partial charge in [-0.05, 0) is 48.0 Å². The number of amides is 1. The summed E-state index contributed by atoms with van der Waals surface area (Å²) >= 11 is 1.53. The van der Waals surface area contributed by atoms with Gasteiger partial charge >= 0.3 is 0 Å². The van der Waals surface area contributed by atoms with Crippen LogP contribution in [0.25, 0.3) is 0 Å². The molecule has 2 aromatic carbocycles. The van der Waals surface area contributed by atoms with Crippen LogP contribution in [0.2, 0.25) is 0 Å². The zero-order chi connectivity index (χ0) is 20.8. The fourth-order valence-corrected chi connectivity index (χ4v) is 3.24. The molecule has 0 fully saturated rings. The van der Waals surface area contributed by atoms with E-state index < -0.39 is 0 Å². The number of nitrogens with zero attached hydrogens (tertiary/aromatic N) is 3. The lowest BCUT2D eigenvalue weighted by atomic mass is 10.1. The quantitative estimate of drug-likeness (QED) is 0.421. The van der Waals surface area contributed by atoms with Crippen molar-refractivity contribution in [2.75, 3.05) is 5.32 Å². The summed E-state index contributed by atoms with van der Waals surface area (Å²) in [6.07, 6.45) is 2.96. The van der Waals surface area contributed by atoms with Crippen LogP contribution in [0.5, 0.6) is 11.6 Å². The number of carbonyl (C=O) groups is 1. The van der Waals surface area contributed by atoms with Gasteiger partial charge in [0.2, 0.25) is 5.88 Å². The third-order valence-electron chi connectivity index (χ3n) is 4.01. The number of aromatic amines is 1. The molecule has 2 aromatic heterocycles. The van der Waals surface area contributed by atoms with Gasteiger partial charge in [-0.2, -0.15) is 5.10 Å². The lowest BCUT2D eigenvalue weighted by Crippen LogP contribution is -2.12. The van der Waals surface area contributed by atoms with Crippen molar-refractivity contribution < 1.29 is 13.9 Å². The van der Waals surface area contributed by atoms with Gasteiger partial charge in [0.15, 0.2) is 5.16 Å². The molecule has 2 N–H and O–H groups in total. The molecule has 2 heterocycles. The van der Waals surface area contributed by atoms with Crippen LogP contribution < -0.4 is 10.1 Å². The van der Waals surface area contributed by atoms with Gasteiger partial charge in [-0.25, -0.2) is 14.4 Å². The molecule has 0 saturated carbocycles. The SMILES string of the molecule is O=C(Nc1ccc(Oc2ccc(F)cc2)nc1)c1ccc(CSc2ncn[nH]2)cc1. The molecule has 4 rings (SSSR count). The summed E-state index contributed by atoms with van der Waals surface area (Å²) in [5.41, 5.74) is 2.14. The van der Waals surface area contributed by atoms with Crippen molar-refractivity contribution in [1.29, 1.82) is 0 Å². The van der Waals surface area contributed by atoms with Crippen LogP contribution in [0.3, 0.4) is 0 Å². The first kappa shape index (κ1) is 19.6. The summed E-state index contributed by atoms with van der Waals surface area (Å²) in [5.74, 6) is 0.958. The maximum Gasteiger partial charge on any atom is 0.255 e. The van der Waals surface area contributed by atoms with Crippen LogP contribution in [0, 0.1) is 5.82 Å². The molecule has 0 radical (unpaired) electrons. The van der Waals surface area contributed by atoms with Crippen LogP contribution >= 0.6 is 11.8 Å². The van der Waals surface area contributed by atoms with Gasteiger partial charge in [-0.1, -0.05) is 23.9 Å². The van der Waals surface area contributed by atoms with E-state index in [9.17, 15) is 9.18 Å². The van der Waals surface area contributed by atoms with Gasteiger partial charge in [0.1, 0.15) is 17.9 Å². The highest BCUT2D eigenvalue weighted by Crippen LogP contribution is 2.21. The van der Waals surface area contributed by atoms with Crippen molar-refractivity contribution in [3.8, 4) is 11.6 Å². The van der Waals surface area contributed by atoms with Gasteiger partial charge in [0, 0.05) is 17.4 Å². The molecule has 0 bridgehead atoms. The van der Waals surface area contributed by atoms with E-state index in [4.69, 9.17) is 4.74 Å². The fraction of sp³-hybridized carbons (Fsp3) is 0.0476. The predicted molar refractivity (Wildman–Crippen MR) is 111 cm³/mol. The zero-order valence-electron chi connectivity index (χ0n) is 15.6. The maximum atomic E-state index is 12.9. The number of hydrogen-bond acceptors (Lipinski definition) is 6. The summed E-state index contributed by atoms with van der Waals surface area (Å²) < 4.78 is 18.5. The van der Waals surface area contributed by atoms with Crippen molar-refractivity contribution in [2.24, 2.45) is 0 Å². The number of ether oxygens (including phenoxy) is 1. The van der Waals surface area contributed by atoms with Crippen LogP contribution in [0.4, 0.5) is 10.1 Å². The molecule has 0 saturated heterocycles. The molecule has 30 heavy (non-hydrogen) atoms. The number of hydrogen-bond donors (Lipinski definition) is 2. The van der Waals surface area contributed by atoms with Gasteiger partial charge in [0.05, 0.1) is 11.9 Å². The lowest BCUT2D eigenvalue weighted by Gasteiger charge is -2.08. The Morgan fingerprint density at radius 3 is 2.50 bits per heavy atom. The van der Waals surface area contributed by atoms with E-state index in [0.717, 1.165) is 16.5 Å². The molecule has 1 amide bonds. The Hall–Kier alpha value is -3.72. The normalized spacial score (nSPS) is 10.6. The van der Waals surface area contributed by atoms with Gasteiger partial charge in [-0.15, -0.1) is 0 Å². The molecule has 0 aliphatic carbocycles. The van der Waals surface area contributed by atoms with E-state index in [1.54, 1.807) is 24.3 Å². The summed E-state index contributed by atoms with van der Waals surface area (Å²) in [6, 6.07) is 16.3. The zero-order valence-corrected chi connectivity index (χ0v) is 16.4. The highest BCUT2D eigenvalue weighted by molar-refractivity contribution is 7.98. The molecule has 0 spiro atoms. The number of nitrogens with one attached hydrogen (secondary N) is 2. The summed E-state index contributed by atoms with van der Waals surface area (Å²) in [7, 11) is 0. The van der Waals surface area contributed by atoms with Crippen molar-refractivity contribution in [3.63, 3.8) is 0 Å². The number of H-pyrrole nitrogens is 1. The maximum absolute atomic E-state index is 12.9. The van der Waals surface area contributed by atoms with Crippen LogP contribution in [0.15, 0.2) is 78.3 Å². The Balaban J connectivity index is 1.32. The number of halogens is 1. The number of benzene rings is 2. The minimum atomic E-state index is -0.338. The van der Waals surface area contributed by atoms with E-state index in [1.165, 1.54) is 48.6 Å². The molecule has 9 heteroatoms. The average molecular weight is 421 g/mol. The van der Waals surface area contributed by atoms with Crippen molar-refractivity contribution in [1.82, 2.24) is 20.2 Å². The Bertz CT molecular complexity index is 1100. The van der Waals surface area contributed by atoms with Gasteiger partial charge < -0.3 is 10.1 Å². The standard InChI is InChI=1S/C21H16FN5O2S/c22-16-5-8-18(9-6-16)29-19-10-7-17(11-23-19)26-20(28)15-3-1-14(2-4-15)12-30-21-24-13-25-27-21/h1-11,13H,12H2,(H,26,28)(H,24,25,27). The van der Waals surface area contributed by atoms with Gasteiger partial charge in [-0.3, -0.25) is 9.89 Å². The second-order valence-corrected chi connectivity index (χ2v) is 7.14. The smallest absolute Gasteiger partial charge is 0.255 e. The number of rotatable bonds is 7. The third kappa shape index (κ3) is 5.21. The summed E-state index contributed by atoms with van der Waals surface area (Å²) in [5, 5.41) is 10.1. The predicted octanol–water partition coefficient (Wildman–Crippen LogP) is 4.68. The number of aromatic nitrogens is 4. The second kappa shape index (κ2) is 9.19. The van der Waals surface area contributed by atoms with E-state index in [0.29, 0.717) is 22.9 Å². The monoisotopic (exact) mass is 421 g/mol. The van der Waals surface area contributed by atoms with Crippen LogP contribution in [0.1, 0.15) is 15.9 Å². The highest BCUT2D eigenvalue weighted by Gasteiger charge is 2.08. The number of thioether (sulfide) groups is 1. The van der Waals surface area contributed by atoms with Crippen LogP contribution in [-0.4, -0.2) is 26.1 Å². The average Bonchev–Trinajstić information content (AvgIpc) is 3.29. The summed E-state index contributed by atoms with van der Waals surface area (Å²) in [6.45, 7) is 0. The second-order valence-electron chi connectivity index (χ2n) is 6.17. The van der Waals surface area contributed by atoms with E-state index in [2.05, 4.69) is 25.5 Å². The Morgan fingerprint density at radius 2 is 1.83 bits per heavy atom. The Labute approximate surface area is 175 Å². The first-order valence-electron chi connectivity index (χ1n) is 8.94. The van der Waals surface area contributed by atoms with Crippen molar-refractivity contribution >= 4 is 23.4 Å². The fourth-order valence-electron chi connectivity index (χ4n) is 2.51. The minimum Gasteiger partial charge on any atom is -0.439 e. The topological polar surface area (TPSA) is 92.8 Å². The molecule has 0 aliphatic rings. The largest absolute Gasteiger partial charge is 0.439 e. The number of pyridine rings is 1. The van der Waals surface area contributed by atoms with E-state index in [1.807, 2.05) is 12.1 Å². The first-order chi connectivity index (χ1) is 14.7. The molecule has 7 nitrogen and oxygen atoms in total. The lowest BCUT2D eigenvalue weighted by molar-refractivity contribution is 0.102. The molecular weight excluding hydrogens is 405 g/mol. The summed E-state index contributed by atoms with van der Waals surface area (Å²) in [4.78, 5) is 20.7. The van der Waals surface area contributed by atoms with E-state index >= 15 is 0 Å². The highest BCUT2D eigenvalue weighted by atomic mass is 32.2. The van der Waals surface area contributed by atoms with Crippen molar-refractivity contribution in [2.45, 2.75) is 10.9 Å². The number of carbonyl (C=O) groups excluding carboxylic acids is 1. The number of anilines is 1. The van der Waals surface area contributed by atoms with Crippen molar-refractivity contribution in [3.05, 3.63) is 90.1 Å². The minimum absolute atomic E-state index is 0.238.